The van der Waals surface area contributed by atoms with Crippen molar-refractivity contribution in [3.05, 3.63) is 64.7 Å². The molecule has 0 saturated heterocycles. The summed E-state index contributed by atoms with van der Waals surface area (Å²) in [6.07, 6.45) is 0. The second-order valence-corrected chi connectivity index (χ2v) is 5.66. The number of anilines is 1. The molecule has 1 heterocycles. The molecule has 2 N–H and O–H groups in total. The van der Waals surface area contributed by atoms with E-state index in [1.165, 1.54) is 0 Å². The summed E-state index contributed by atoms with van der Waals surface area (Å²) in [6.45, 7) is 0. The van der Waals surface area contributed by atoms with Crippen molar-refractivity contribution in [2.75, 3.05) is 5.32 Å². The van der Waals surface area contributed by atoms with Gasteiger partial charge in [0, 0.05) is 16.1 Å². The minimum absolute atomic E-state index is 0. The van der Waals surface area contributed by atoms with Gasteiger partial charge in [-0.1, -0.05) is 41.9 Å². The van der Waals surface area contributed by atoms with Crippen molar-refractivity contribution in [3.63, 3.8) is 0 Å². The van der Waals surface area contributed by atoms with Crippen LogP contribution < -0.4 is 165 Å². The molecule has 1 aliphatic heterocycles. The molecule has 1 unspecified atom stereocenters. The number of halogens is 1. The first-order valence-electron chi connectivity index (χ1n) is 6.94. The Morgan fingerprint density at radius 2 is 1.72 bits per heavy atom. The van der Waals surface area contributed by atoms with Crippen LogP contribution in [0.15, 0.2) is 53.5 Å². The number of benzodiazepines with no additional fused rings is 1. The van der Waals surface area contributed by atoms with Crippen LogP contribution in [-0.4, -0.2) is 45.1 Å². The average Bonchev–Trinajstić information content (AvgIpc) is 2.72. The number of nitriles is 1. The summed E-state index contributed by atoms with van der Waals surface area (Å²) in [5.41, 5.74) is 2.09. The van der Waals surface area contributed by atoms with Crippen molar-refractivity contribution in [1.29, 1.82) is 5.26 Å². The molecule has 1 aliphatic rings. The van der Waals surface area contributed by atoms with E-state index in [0.29, 0.717) is 27.5 Å². The third-order valence-corrected chi connectivity index (χ3v) is 3.51. The first-order valence-corrected chi connectivity index (χ1v) is 8.17. The number of nitrogens with zero attached hydrogens (tertiary/aromatic N) is 2. The van der Waals surface area contributed by atoms with Gasteiger partial charge in [0.05, 0.1) is 17.4 Å². The first kappa shape index (κ1) is 35.8. The Hall–Kier alpha value is 2.22. The van der Waals surface area contributed by atoms with Gasteiger partial charge < -0.3 is 20.7 Å². The standard InChI is InChI=1S/C16H11ClN2O3.CHNSe.3K.H2O/c17-10-6-7-12-11(8-10)13(9-4-2-1-3-5-9)19-14(16(21)22)15(20)18-12;2-1-3;;;;/h1-8,14H,(H,18,20)(H,21,22);3H;;;;1H2/q;;3*+1;/p-3. The largest absolute Gasteiger partial charge is 1.00 e. The Kier molecular flexibility index (Phi) is 23.0. The molecule has 0 aliphatic carbocycles. The van der Waals surface area contributed by atoms with Crippen LogP contribution >= 0.6 is 11.6 Å². The van der Waals surface area contributed by atoms with Crippen LogP contribution in [-0.2, 0) is 9.59 Å². The van der Waals surface area contributed by atoms with Gasteiger partial charge in [-0.15, -0.1) is 0 Å². The van der Waals surface area contributed by atoms with Gasteiger partial charge in [0.15, 0.2) is 6.04 Å². The van der Waals surface area contributed by atoms with Crippen LogP contribution in [0.25, 0.3) is 0 Å². The molecule has 1 amide bonds. The number of rotatable bonds is 2. The van der Waals surface area contributed by atoms with Crippen LogP contribution in [0.4, 0.5) is 5.69 Å². The van der Waals surface area contributed by atoms with Crippen molar-refractivity contribution >= 4 is 50.9 Å². The Morgan fingerprint density at radius 3 is 2.24 bits per heavy atom. The number of carbonyl (C=O) groups excluding carboxylic acids is 2. The Balaban J connectivity index is -0.000000911. The van der Waals surface area contributed by atoms with Gasteiger partial charge in [0.25, 0.3) is 5.91 Å². The molecule has 0 spiro atoms. The predicted molar refractivity (Wildman–Crippen MR) is 94.3 cm³/mol. The molecule has 12 heteroatoms. The van der Waals surface area contributed by atoms with E-state index in [0.717, 1.165) is 0 Å². The van der Waals surface area contributed by atoms with E-state index >= 15 is 0 Å². The third-order valence-electron chi connectivity index (χ3n) is 3.27. The van der Waals surface area contributed by atoms with Crippen molar-refractivity contribution in [2.45, 2.75) is 6.04 Å². The summed E-state index contributed by atoms with van der Waals surface area (Å²) in [5.74, 6) is -2.29. The predicted octanol–water partition coefficient (Wildman–Crippen LogP) is -8.28. The number of fused-ring (bicyclic) bond motifs is 1. The van der Waals surface area contributed by atoms with Crippen molar-refractivity contribution in [2.24, 2.45) is 4.99 Å². The van der Waals surface area contributed by atoms with Gasteiger partial charge in [0.1, 0.15) is 0 Å². The van der Waals surface area contributed by atoms with Gasteiger partial charge in [-0.3, -0.25) is 9.79 Å². The molecule has 134 valence electrons. The maximum absolute atomic E-state index is 12.0. The molecule has 0 bridgehead atoms. The van der Waals surface area contributed by atoms with E-state index in [1.54, 1.807) is 47.4 Å². The molecule has 0 radical (unpaired) electrons. The number of carbonyl (C=O) groups is 2. The minimum atomic E-state index is -1.61. The Bertz CT molecular complexity index is 895. The smallest absolute Gasteiger partial charge is 0.870 e. The molecule has 3 rings (SSSR count). The topological polar surface area (TPSA) is 135 Å². The number of carboxylic acid groups (broad SMARTS) is 1. The molecule has 7 nitrogen and oxygen atoms in total. The summed E-state index contributed by atoms with van der Waals surface area (Å²) >= 11 is 8.13. The molecular weight excluding hydrogens is 542 g/mol. The maximum atomic E-state index is 12.0. The fraction of sp³-hybridized carbons (Fsp3) is 0.0588. The number of aliphatic carboxylic acids is 1. The first-order chi connectivity index (χ1) is 12.0. The fourth-order valence-electron chi connectivity index (χ4n) is 2.27. The average molecular weight is 553 g/mol. The molecule has 29 heavy (non-hydrogen) atoms. The summed E-state index contributed by atoms with van der Waals surface area (Å²) < 4.78 is 0. The van der Waals surface area contributed by atoms with E-state index < -0.39 is 17.9 Å². The van der Waals surface area contributed by atoms with Crippen LogP contribution in [0, 0.1) is 10.2 Å². The molecular formula is C17H11ClK3N3O4Se. The van der Waals surface area contributed by atoms with Crippen LogP contribution in [0.5, 0.6) is 0 Å². The van der Waals surface area contributed by atoms with Gasteiger partial charge in [0.2, 0.25) is 0 Å². The zero-order valence-electron chi connectivity index (χ0n) is 16.0. The fourth-order valence-corrected chi connectivity index (χ4v) is 2.44. The zero-order chi connectivity index (χ0) is 18.4. The number of carboxylic acids is 1. The van der Waals surface area contributed by atoms with E-state index in [-0.39, 0.29) is 160 Å². The number of hydrogen-bond acceptors (Lipinski definition) is 6. The van der Waals surface area contributed by atoms with E-state index in [9.17, 15) is 14.7 Å². The van der Waals surface area contributed by atoms with E-state index in [2.05, 4.69) is 26.3 Å². The Morgan fingerprint density at radius 1 is 1.17 bits per heavy atom. The third kappa shape index (κ3) is 10.8. The summed E-state index contributed by atoms with van der Waals surface area (Å²) in [7, 11) is 0. The minimum Gasteiger partial charge on any atom is -0.870 e. The van der Waals surface area contributed by atoms with Crippen LogP contribution in [0.3, 0.4) is 0 Å². The normalized spacial score (nSPS) is 13.2. The van der Waals surface area contributed by atoms with Crippen molar-refractivity contribution < 1.29 is 174 Å². The molecule has 0 aromatic heterocycles. The maximum Gasteiger partial charge on any atom is 1.00 e. The molecule has 0 fully saturated rings. The second kappa shape index (κ2) is 18.6. The van der Waals surface area contributed by atoms with Gasteiger partial charge in [-0.2, -0.15) is 0 Å². The van der Waals surface area contributed by atoms with E-state index in [4.69, 9.17) is 16.9 Å². The molecule has 2 aromatic rings. The second-order valence-electron chi connectivity index (χ2n) is 4.84. The number of hydrogen-bond donors (Lipinski definition) is 1. The monoisotopic (exact) mass is 553 g/mol. The number of aliphatic imine (C=N–C) groups is 1. The summed E-state index contributed by atoms with van der Waals surface area (Å²) in [6, 6.07) is 12.3. The number of nitrogens with one attached hydrogen (secondary N) is 1. The molecule has 0 saturated carbocycles. The quantitative estimate of drug-likeness (QED) is 0.292. The van der Waals surface area contributed by atoms with Gasteiger partial charge in [-0.25, -0.2) is 0 Å². The SMILES string of the molecule is N#C[Se-].O=C([O-])C1N=C(c2ccccc2)c2cc(Cl)ccc2NC1=O.[K+].[K+].[K+].[OH-]. The summed E-state index contributed by atoms with van der Waals surface area (Å²) in [4.78, 5) is 28.9. The Labute approximate surface area is 309 Å². The summed E-state index contributed by atoms with van der Waals surface area (Å²) in [5, 5.41) is 21.5. The number of amides is 1. The van der Waals surface area contributed by atoms with E-state index in [1.807, 2.05) is 6.07 Å². The van der Waals surface area contributed by atoms with Gasteiger partial charge >= 0.3 is 180 Å². The van der Waals surface area contributed by atoms with Crippen molar-refractivity contribution in [1.82, 2.24) is 0 Å². The van der Waals surface area contributed by atoms with Crippen LogP contribution in [0.2, 0.25) is 5.02 Å². The number of benzene rings is 2. The molecule has 2 aromatic carbocycles. The van der Waals surface area contributed by atoms with Crippen molar-refractivity contribution in [3.8, 4) is 4.97 Å². The van der Waals surface area contributed by atoms with Crippen LogP contribution in [0.1, 0.15) is 11.1 Å². The van der Waals surface area contributed by atoms with Gasteiger partial charge in [-0.05, 0) is 18.2 Å². The molecule has 1 atom stereocenters. The zero-order valence-corrected chi connectivity index (χ0v) is 27.9.